The van der Waals surface area contributed by atoms with Crippen LogP contribution in [0.4, 0.5) is 11.4 Å². The Kier molecular flexibility index (Phi) is 4.57. The Morgan fingerprint density at radius 2 is 1.68 bits per heavy atom. The van der Waals surface area contributed by atoms with Crippen LogP contribution in [0.3, 0.4) is 0 Å². The number of hydrogen-bond donors (Lipinski definition) is 2. The number of hydrogen-bond acceptors (Lipinski definition) is 2. The van der Waals surface area contributed by atoms with E-state index < -0.39 is 0 Å². The molecule has 0 saturated carbocycles. The lowest BCUT2D eigenvalue weighted by atomic mass is 10.1. The second-order valence-corrected chi connectivity index (χ2v) is 6.13. The van der Waals surface area contributed by atoms with Crippen molar-refractivity contribution in [2.45, 2.75) is 20.3 Å². The zero-order chi connectivity index (χ0) is 18.0. The Morgan fingerprint density at radius 3 is 2.40 bits per heavy atom. The Bertz CT molecular complexity index is 957. The standard InChI is InChI=1S/C20H21N3O2/c1-13-18(17-9-4-5-10-19(17)23(13)3)12-20(25)22-16-8-6-7-15(11-16)21-14(2)24/h4-11H,12H2,1-3H3,(H,21,24)(H,22,25). The van der Waals surface area contributed by atoms with Crippen molar-refractivity contribution in [1.29, 1.82) is 0 Å². The zero-order valence-electron chi connectivity index (χ0n) is 14.6. The van der Waals surface area contributed by atoms with Crippen LogP contribution in [0.1, 0.15) is 18.2 Å². The number of amides is 2. The fourth-order valence-electron chi connectivity index (χ4n) is 3.07. The molecule has 2 aromatic carbocycles. The fraction of sp³-hybridized carbons (Fsp3) is 0.200. The number of carbonyl (C=O) groups excluding carboxylic acids is 2. The van der Waals surface area contributed by atoms with Crippen molar-refractivity contribution in [3.8, 4) is 0 Å². The molecule has 0 aliphatic rings. The number of aryl methyl sites for hydroxylation is 1. The Morgan fingerprint density at radius 1 is 1.00 bits per heavy atom. The van der Waals surface area contributed by atoms with Crippen LogP contribution in [0.25, 0.3) is 10.9 Å². The first kappa shape index (κ1) is 16.8. The van der Waals surface area contributed by atoms with Crippen LogP contribution in [0, 0.1) is 6.92 Å². The van der Waals surface area contributed by atoms with Crippen molar-refractivity contribution in [2.75, 3.05) is 10.6 Å². The predicted octanol–water partition coefficient (Wildman–Crippen LogP) is 3.63. The van der Waals surface area contributed by atoms with Crippen LogP contribution >= 0.6 is 0 Å². The van der Waals surface area contributed by atoms with Crippen LogP contribution < -0.4 is 10.6 Å². The lowest BCUT2D eigenvalue weighted by Gasteiger charge is -2.08. The van der Waals surface area contributed by atoms with Crippen LogP contribution in [-0.4, -0.2) is 16.4 Å². The third kappa shape index (κ3) is 3.55. The molecule has 2 amide bonds. The van der Waals surface area contributed by atoms with Crippen LogP contribution in [0.2, 0.25) is 0 Å². The number of rotatable bonds is 4. The van der Waals surface area contributed by atoms with E-state index in [-0.39, 0.29) is 11.8 Å². The summed E-state index contributed by atoms with van der Waals surface area (Å²) >= 11 is 0. The molecule has 0 aliphatic heterocycles. The first-order valence-corrected chi connectivity index (χ1v) is 8.16. The van der Waals surface area contributed by atoms with Gasteiger partial charge in [-0.25, -0.2) is 0 Å². The second-order valence-electron chi connectivity index (χ2n) is 6.13. The van der Waals surface area contributed by atoms with Gasteiger partial charge in [-0.15, -0.1) is 0 Å². The number of fused-ring (bicyclic) bond motifs is 1. The summed E-state index contributed by atoms with van der Waals surface area (Å²) in [5, 5.41) is 6.72. The smallest absolute Gasteiger partial charge is 0.228 e. The second kappa shape index (κ2) is 6.81. The van der Waals surface area contributed by atoms with Gasteiger partial charge in [-0.1, -0.05) is 24.3 Å². The van der Waals surface area contributed by atoms with Crippen LogP contribution in [0.15, 0.2) is 48.5 Å². The molecule has 3 aromatic rings. The van der Waals surface area contributed by atoms with E-state index in [1.54, 1.807) is 24.3 Å². The minimum Gasteiger partial charge on any atom is -0.348 e. The summed E-state index contributed by atoms with van der Waals surface area (Å²) in [5.74, 6) is -0.228. The van der Waals surface area contributed by atoms with Crippen molar-refractivity contribution in [3.63, 3.8) is 0 Å². The molecule has 0 spiro atoms. The summed E-state index contributed by atoms with van der Waals surface area (Å²) in [4.78, 5) is 23.7. The van der Waals surface area contributed by atoms with E-state index in [2.05, 4.69) is 21.3 Å². The highest BCUT2D eigenvalue weighted by molar-refractivity contribution is 5.97. The SMILES string of the molecule is CC(=O)Nc1cccc(NC(=O)Cc2c(C)n(C)c3ccccc23)c1. The molecule has 1 aromatic heterocycles. The average Bonchev–Trinajstić information content (AvgIpc) is 2.80. The number of benzene rings is 2. The van der Waals surface area contributed by atoms with Crippen molar-refractivity contribution < 1.29 is 9.59 Å². The molecule has 128 valence electrons. The van der Waals surface area contributed by atoms with Gasteiger partial charge < -0.3 is 15.2 Å². The average molecular weight is 335 g/mol. The van der Waals surface area contributed by atoms with E-state index in [4.69, 9.17) is 0 Å². The normalized spacial score (nSPS) is 10.7. The number of carbonyl (C=O) groups is 2. The topological polar surface area (TPSA) is 63.1 Å². The van der Waals surface area contributed by atoms with E-state index in [1.807, 2.05) is 32.2 Å². The third-order valence-corrected chi connectivity index (χ3v) is 4.33. The third-order valence-electron chi connectivity index (χ3n) is 4.33. The molecule has 5 heteroatoms. The van der Waals surface area contributed by atoms with Gasteiger partial charge >= 0.3 is 0 Å². The quantitative estimate of drug-likeness (QED) is 0.765. The van der Waals surface area contributed by atoms with Gasteiger partial charge in [0.15, 0.2) is 0 Å². The Labute approximate surface area is 146 Å². The first-order valence-electron chi connectivity index (χ1n) is 8.16. The number of nitrogens with zero attached hydrogens (tertiary/aromatic N) is 1. The molecule has 0 fully saturated rings. The predicted molar refractivity (Wildman–Crippen MR) is 101 cm³/mol. The van der Waals surface area contributed by atoms with Gasteiger partial charge in [-0.2, -0.15) is 0 Å². The van der Waals surface area contributed by atoms with Crippen LogP contribution in [-0.2, 0) is 23.1 Å². The van der Waals surface area contributed by atoms with Gasteiger partial charge in [0.2, 0.25) is 11.8 Å². The molecule has 0 bridgehead atoms. The molecular weight excluding hydrogens is 314 g/mol. The molecule has 0 saturated heterocycles. The van der Waals surface area contributed by atoms with Gasteiger partial charge in [-0.3, -0.25) is 9.59 Å². The first-order chi connectivity index (χ1) is 12.0. The van der Waals surface area contributed by atoms with Crippen molar-refractivity contribution in [2.24, 2.45) is 7.05 Å². The molecule has 3 rings (SSSR count). The lowest BCUT2D eigenvalue weighted by Crippen LogP contribution is -2.15. The maximum atomic E-state index is 12.5. The summed E-state index contributed by atoms with van der Waals surface area (Å²) in [7, 11) is 2.01. The lowest BCUT2D eigenvalue weighted by molar-refractivity contribution is -0.115. The molecule has 0 unspecified atom stereocenters. The molecule has 1 heterocycles. The highest BCUT2D eigenvalue weighted by Gasteiger charge is 2.15. The Balaban J connectivity index is 1.80. The summed E-state index contributed by atoms with van der Waals surface area (Å²) in [6.07, 6.45) is 0.303. The summed E-state index contributed by atoms with van der Waals surface area (Å²) < 4.78 is 2.11. The summed E-state index contributed by atoms with van der Waals surface area (Å²) in [5.41, 5.74) is 4.56. The minimum absolute atomic E-state index is 0.0839. The van der Waals surface area contributed by atoms with E-state index in [0.29, 0.717) is 17.8 Å². The number of para-hydroxylation sites is 1. The molecule has 25 heavy (non-hydrogen) atoms. The molecule has 2 N–H and O–H groups in total. The minimum atomic E-state index is -0.144. The van der Waals surface area contributed by atoms with E-state index >= 15 is 0 Å². The maximum absolute atomic E-state index is 12.5. The van der Waals surface area contributed by atoms with Gasteiger partial charge in [-0.05, 0) is 36.8 Å². The molecule has 0 radical (unpaired) electrons. The van der Waals surface area contributed by atoms with Crippen molar-refractivity contribution >= 4 is 34.1 Å². The number of anilines is 2. The molecule has 0 atom stereocenters. The van der Waals surface area contributed by atoms with Crippen molar-refractivity contribution in [3.05, 3.63) is 59.8 Å². The summed E-state index contributed by atoms with van der Waals surface area (Å²) in [6.45, 7) is 3.48. The highest BCUT2D eigenvalue weighted by atomic mass is 16.2. The number of aromatic nitrogens is 1. The zero-order valence-corrected chi connectivity index (χ0v) is 14.6. The van der Waals surface area contributed by atoms with Gasteiger partial charge in [0.25, 0.3) is 0 Å². The van der Waals surface area contributed by atoms with Gasteiger partial charge in [0.1, 0.15) is 0 Å². The molecule has 5 nitrogen and oxygen atoms in total. The monoisotopic (exact) mass is 335 g/mol. The highest BCUT2D eigenvalue weighted by Crippen LogP contribution is 2.25. The molecule has 0 aliphatic carbocycles. The number of nitrogens with one attached hydrogen (secondary N) is 2. The maximum Gasteiger partial charge on any atom is 0.228 e. The van der Waals surface area contributed by atoms with E-state index in [9.17, 15) is 9.59 Å². The summed E-state index contributed by atoms with van der Waals surface area (Å²) in [6, 6.07) is 15.2. The fourth-order valence-corrected chi connectivity index (χ4v) is 3.07. The molecular formula is C20H21N3O2. The van der Waals surface area contributed by atoms with Crippen molar-refractivity contribution in [1.82, 2.24) is 4.57 Å². The largest absolute Gasteiger partial charge is 0.348 e. The van der Waals surface area contributed by atoms with E-state index in [1.165, 1.54) is 6.92 Å². The Hall–Kier alpha value is -3.08. The van der Waals surface area contributed by atoms with Gasteiger partial charge in [0, 0.05) is 41.9 Å². The van der Waals surface area contributed by atoms with Gasteiger partial charge in [0.05, 0.1) is 6.42 Å². The van der Waals surface area contributed by atoms with Crippen LogP contribution in [0.5, 0.6) is 0 Å². The van der Waals surface area contributed by atoms with E-state index in [0.717, 1.165) is 22.2 Å².